The third-order valence-electron chi connectivity index (χ3n) is 3.59. The summed E-state index contributed by atoms with van der Waals surface area (Å²) in [6.45, 7) is 8.92. The molecule has 1 aliphatic heterocycles. The lowest BCUT2D eigenvalue weighted by molar-refractivity contribution is -0.185. The molecule has 2 aliphatic rings. The van der Waals surface area contributed by atoms with Crippen LogP contribution >= 0.6 is 0 Å². The van der Waals surface area contributed by atoms with Gasteiger partial charge in [0.25, 0.3) is 0 Å². The van der Waals surface area contributed by atoms with Gasteiger partial charge in [0.2, 0.25) is 0 Å². The average molecular weight is 197 g/mol. The number of hydrogen-bond donors (Lipinski definition) is 1. The van der Waals surface area contributed by atoms with Crippen molar-refractivity contribution in [2.45, 2.75) is 58.1 Å². The van der Waals surface area contributed by atoms with Crippen LogP contribution in [0.2, 0.25) is 0 Å². The fourth-order valence-electron chi connectivity index (χ4n) is 3.43. The van der Waals surface area contributed by atoms with Gasteiger partial charge >= 0.3 is 0 Å². The Balaban J connectivity index is 1.89. The second kappa shape index (κ2) is 3.49. The number of hydrogen-bond acceptors (Lipinski definition) is 2. The van der Waals surface area contributed by atoms with Crippen LogP contribution in [0.4, 0.5) is 0 Å². The van der Waals surface area contributed by atoms with E-state index in [1.165, 1.54) is 25.7 Å². The molecule has 0 bridgehead atoms. The first kappa shape index (κ1) is 10.4. The second-order valence-electron chi connectivity index (χ2n) is 5.80. The molecule has 1 saturated heterocycles. The zero-order valence-corrected chi connectivity index (χ0v) is 9.73. The summed E-state index contributed by atoms with van der Waals surface area (Å²) in [7, 11) is 0. The van der Waals surface area contributed by atoms with E-state index in [2.05, 4.69) is 26.1 Å². The van der Waals surface area contributed by atoms with Crippen LogP contribution in [0, 0.1) is 5.41 Å². The van der Waals surface area contributed by atoms with Crippen LogP contribution < -0.4 is 5.32 Å². The van der Waals surface area contributed by atoms with Crippen molar-refractivity contribution in [1.29, 1.82) is 0 Å². The minimum atomic E-state index is 0.245. The maximum Gasteiger partial charge on any atom is 0.0707 e. The Bertz CT molecular complexity index is 202. The van der Waals surface area contributed by atoms with Crippen LogP contribution in [-0.4, -0.2) is 24.8 Å². The summed E-state index contributed by atoms with van der Waals surface area (Å²) in [6, 6.07) is 0.699. The van der Waals surface area contributed by atoms with Crippen molar-refractivity contribution in [3.63, 3.8) is 0 Å². The van der Waals surface area contributed by atoms with Gasteiger partial charge in [0.05, 0.1) is 5.60 Å². The van der Waals surface area contributed by atoms with E-state index in [9.17, 15) is 0 Å². The molecule has 0 aromatic rings. The lowest BCUT2D eigenvalue weighted by atomic mass is 9.58. The second-order valence-corrected chi connectivity index (χ2v) is 5.80. The molecule has 82 valence electrons. The van der Waals surface area contributed by atoms with Gasteiger partial charge in [0.15, 0.2) is 0 Å². The highest BCUT2D eigenvalue weighted by Gasteiger charge is 2.52. The first-order chi connectivity index (χ1) is 6.55. The van der Waals surface area contributed by atoms with Gasteiger partial charge in [-0.05, 0) is 37.6 Å². The van der Waals surface area contributed by atoms with E-state index in [0.29, 0.717) is 11.5 Å². The van der Waals surface area contributed by atoms with Crippen LogP contribution in [0.1, 0.15) is 46.5 Å². The molecule has 0 aromatic heterocycles. The summed E-state index contributed by atoms with van der Waals surface area (Å²) in [6.07, 6.45) is 4.92. The van der Waals surface area contributed by atoms with Crippen LogP contribution in [0.15, 0.2) is 0 Å². The number of ether oxygens (including phenoxy) is 1. The van der Waals surface area contributed by atoms with Crippen LogP contribution in [0.25, 0.3) is 0 Å². The summed E-state index contributed by atoms with van der Waals surface area (Å²) in [5.41, 5.74) is 0.767. The Morgan fingerprint density at radius 1 is 1.36 bits per heavy atom. The molecule has 1 atom stereocenters. The molecule has 1 heterocycles. The number of nitrogens with one attached hydrogen (secondary N) is 1. The minimum absolute atomic E-state index is 0.245. The summed E-state index contributed by atoms with van der Waals surface area (Å²) in [5, 5.41) is 3.56. The zero-order chi connectivity index (χ0) is 10.2. The molecule has 14 heavy (non-hydrogen) atoms. The molecule has 1 unspecified atom stereocenters. The van der Waals surface area contributed by atoms with Crippen molar-refractivity contribution < 1.29 is 4.74 Å². The Morgan fingerprint density at radius 3 is 2.64 bits per heavy atom. The third kappa shape index (κ3) is 1.96. The summed E-state index contributed by atoms with van der Waals surface area (Å²) >= 11 is 0. The lowest BCUT2D eigenvalue weighted by Crippen LogP contribution is -2.57. The molecule has 0 radical (unpaired) electrons. The molecular weight excluding hydrogens is 174 g/mol. The third-order valence-corrected chi connectivity index (χ3v) is 3.59. The van der Waals surface area contributed by atoms with Gasteiger partial charge in [-0.2, -0.15) is 0 Å². The van der Waals surface area contributed by atoms with Gasteiger partial charge in [-0.1, -0.05) is 20.8 Å². The van der Waals surface area contributed by atoms with Crippen LogP contribution in [0.5, 0.6) is 0 Å². The van der Waals surface area contributed by atoms with Gasteiger partial charge < -0.3 is 10.1 Å². The average Bonchev–Trinajstić information content (AvgIpc) is 2.01. The summed E-state index contributed by atoms with van der Waals surface area (Å²) in [4.78, 5) is 0. The van der Waals surface area contributed by atoms with E-state index in [-0.39, 0.29) is 5.60 Å². The van der Waals surface area contributed by atoms with Crippen LogP contribution in [-0.2, 0) is 4.74 Å². The fourth-order valence-corrected chi connectivity index (χ4v) is 3.43. The van der Waals surface area contributed by atoms with Crippen LogP contribution in [0.3, 0.4) is 0 Å². The molecule has 0 amide bonds. The quantitative estimate of drug-likeness (QED) is 0.733. The Morgan fingerprint density at radius 2 is 2.07 bits per heavy atom. The van der Waals surface area contributed by atoms with Gasteiger partial charge in [0.1, 0.15) is 0 Å². The molecule has 2 fully saturated rings. The molecule has 2 rings (SSSR count). The van der Waals surface area contributed by atoms with Crippen molar-refractivity contribution >= 4 is 0 Å². The molecule has 1 spiro atoms. The van der Waals surface area contributed by atoms with Gasteiger partial charge in [-0.25, -0.2) is 0 Å². The maximum atomic E-state index is 5.97. The predicted molar refractivity (Wildman–Crippen MR) is 58.4 cm³/mol. The van der Waals surface area contributed by atoms with Crippen molar-refractivity contribution in [3.05, 3.63) is 0 Å². The normalized spacial score (nSPS) is 34.1. The standard InChI is InChI=1S/C12H23NO/c1-4-13-10-5-6-14-12(7-10)8-11(2,3)9-12/h10,13H,4-9H2,1-3H3. The van der Waals surface area contributed by atoms with Crippen molar-refractivity contribution in [2.24, 2.45) is 5.41 Å². The summed E-state index contributed by atoms with van der Waals surface area (Å²) < 4.78 is 5.97. The highest BCUT2D eigenvalue weighted by Crippen LogP contribution is 2.53. The van der Waals surface area contributed by atoms with Crippen molar-refractivity contribution in [3.8, 4) is 0 Å². The smallest absolute Gasteiger partial charge is 0.0707 e. The van der Waals surface area contributed by atoms with E-state index in [1.807, 2.05) is 0 Å². The molecule has 1 aliphatic carbocycles. The molecular formula is C12H23NO. The molecule has 0 aromatic carbocycles. The van der Waals surface area contributed by atoms with E-state index >= 15 is 0 Å². The monoisotopic (exact) mass is 197 g/mol. The van der Waals surface area contributed by atoms with Gasteiger partial charge in [-0.15, -0.1) is 0 Å². The Hall–Kier alpha value is -0.0800. The fraction of sp³-hybridized carbons (Fsp3) is 1.00. The first-order valence-electron chi connectivity index (χ1n) is 5.93. The van der Waals surface area contributed by atoms with Gasteiger partial charge in [0, 0.05) is 12.6 Å². The van der Waals surface area contributed by atoms with E-state index in [1.54, 1.807) is 0 Å². The van der Waals surface area contributed by atoms with E-state index < -0.39 is 0 Å². The topological polar surface area (TPSA) is 21.3 Å². The maximum absolute atomic E-state index is 5.97. The van der Waals surface area contributed by atoms with Gasteiger partial charge in [-0.3, -0.25) is 0 Å². The largest absolute Gasteiger partial charge is 0.375 e. The highest BCUT2D eigenvalue weighted by atomic mass is 16.5. The van der Waals surface area contributed by atoms with E-state index in [4.69, 9.17) is 4.74 Å². The SMILES string of the molecule is CCNC1CCOC2(C1)CC(C)(C)C2. The van der Waals surface area contributed by atoms with Crippen molar-refractivity contribution in [2.75, 3.05) is 13.2 Å². The molecule has 1 saturated carbocycles. The molecule has 2 nitrogen and oxygen atoms in total. The molecule has 1 N–H and O–H groups in total. The van der Waals surface area contributed by atoms with E-state index in [0.717, 1.165) is 13.2 Å². The Labute approximate surface area is 87.4 Å². The first-order valence-corrected chi connectivity index (χ1v) is 5.93. The lowest BCUT2D eigenvalue weighted by Gasteiger charge is -2.56. The Kier molecular flexibility index (Phi) is 2.61. The zero-order valence-electron chi connectivity index (χ0n) is 9.73. The van der Waals surface area contributed by atoms with Crippen molar-refractivity contribution in [1.82, 2.24) is 5.32 Å². The summed E-state index contributed by atoms with van der Waals surface area (Å²) in [5.74, 6) is 0. The molecule has 2 heteroatoms. The number of rotatable bonds is 2. The minimum Gasteiger partial charge on any atom is -0.375 e. The predicted octanol–water partition coefficient (Wildman–Crippen LogP) is 2.33. The highest BCUT2D eigenvalue weighted by molar-refractivity contribution is 5.04.